The van der Waals surface area contributed by atoms with Crippen molar-refractivity contribution >= 4 is 39.6 Å². The quantitative estimate of drug-likeness (QED) is 0.761. The number of hydrogen-bond acceptors (Lipinski definition) is 5. The first kappa shape index (κ1) is 16.8. The molecule has 0 spiro atoms. The third-order valence-electron chi connectivity index (χ3n) is 4.73. The lowest BCUT2D eigenvalue weighted by Gasteiger charge is -2.39. The van der Waals surface area contributed by atoms with E-state index in [1.807, 2.05) is 42.5 Å². The summed E-state index contributed by atoms with van der Waals surface area (Å²) in [4.78, 5) is 31.5. The number of thioether (sulfide) groups is 1. The first-order valence-corrected chi connectivity index (χ1v) is 9.40. The molecule has 0 aliphatic carbocycles. The molecule has 0 unspecified atom stereocenters. The molecule has 1 atom stereocenters. The van der Waals surface area contributed by atoms with E-state index in [4.69, 9.17) is 4.74 Å². The van der Waals surface area contributed by atoms with Crippen LogP contribution >= 0.6 is 11.8 Å². The number of rotatable bonds is 2. The van der Waals surface area contributed by atoms with Gasteiger partial charge in [0.1, 0.15) is 0 Å². The Kier molecular flexibility index (Phi) is 4.28. The van der Waals surface area contributed by atoms with Crippen molar-refractivity contribution in [2.45, 2.75) is 19.4 Å². The molecule has 0 saturated carbocycles. The van der Waals surface area contributed by atoms with Gasteiger partial charge in [0.05, 0.1) is 24.4 Å². The second-order valence-corrected chi connectivity index (χ2v) is 7.28. The summed E-state index contributed by atoms with van der Waals surface area (Å²) in [6, 6.07) is 13.4. The highest BCUT2D eigenvalue weighted by atomic mass is 32.2. The van der Waals surface area contributed by atoms with E-state index in [0.29, 0.717) is 28.6 Å². The molecule has 0 bridgehead atoms. The highest BCUT2D eigenvalue weighted by Crippen LogP contribution is 2.42. The zero-order chi connectivity index (χ0) is 18.3. The molecule has 0 aromatic heterocycles. The van der Waals surface area contributed by atoms with Gasteiger partial charge in [-0.15, -0.1) is 0 Å². The normalized spacial score (nSPS) is 20.1. The van der Waals surface area contributed by atoms with Gasteiger partial charge in [-0.1, -0.05) is 54.2 Å². The van der Waals surface area contributed by atoms with Crippen LogP contribution in [-0.2, 0) is 14.3 Å². The van der Waals surface area contributed by atoms with Crippen LogP contribution in [-0.4, -0.2) is 34.8 Å². The number of fused-ring (bicyclic) bond motifs is 2. The molecule has 2 aliphatic heterocycles. The van der Waals surface area contributed by atoms with Crippen molar-refractivity contribution < 1.29 is 14.3 Å². The number of carbonyl (C=O) groups is 2. The van der Waals surface area contributed by atoms with Gasteiger partial charge in [0.2, 0.25) is 5.91 Å². The fourth-order valence-corrected chi connectivity index (χ4v) is 4.56. The minimum atomic E-state index is -0.527. The van der Waals surface area contributed by atoms with Crippen molar-refractivity contribution in [2.24, 2.45) is 4.99 Å². The Balaban J connectivity index is 1.99. The number of carbonyl (C=O) groups excluding carboxylic acids is 2. The van der Waals surface area contributed by atoms with E-state index in [1.165, 1.54) is 7.11 Å². The van der Waals surface area contributed by atoms with Crippen LogP contribution in [0.25, 0.3) is 10.8 Å². The minimum absolute atomic E-state index is 0.0191. The Labute approximate surface area is 155 Å². The Morgan fingerprint density at radius 1 is 1.23 bits per heavy atom. The van der Waals surface area contributed by atoms with E-state index >= 15 is 0 Å². The summed E-state index contributed by atoms with van der Waals surface area (Å²) in [6.45, 7) is 1.80. The Morgan fingerprint density at radius 3 is 2.81 bits per heavy atom. The van der Waals surface area contributed by atoms with Gasteiger partial charge in [-0.05, 0) is 23.3 Å². The minimum Gasteiger partial charge on any atom is -0.466 e. The van der Waals surface area contributed by atoms with Crippen molar-refractivity contribution in [3.8, 4) is 0 Å². The van der Waals surface area contributed by atoms with Gasteiger partial charge in [-0.2, -0.15) is 0 Å². The van der Waals surface area contributed by atoms with Crippen molar-refractivity contribution in [1.29, 1.82) is 0 Å². The molecular weight excluding hydrogens is 348 g/mol. The highest BCUT2D eigenvalue weighted by Gasteiger charge is 2.41. The van der Waals surface area contributed by atoms with Gasteiger partial charge in [0.25, 0.3) is 0 Å². The zero-order valence-electron chi connectivity index (χ0n) is 14.6. The number of allylic oxidation sites excluding steroid dienone is 1. The van der Waals surface area contributed by atoms with Crippen LogP contribution in [0.5, 0.6) is 0 Å². The molecule has 2 aromatic rings. The zero-order valence-corrected chi connectivity index (χ0v) is 15.4. The lowest BCUT2D eigenvalue weighted by Crippen LogP contribution is -2.45. The number of aliphatic imine (C=N–C) groups is 1. The van der Waals surface area contributed by atoms with Gasteiger partial charge in [-0.3, -0.25) is 9.69 Å². The summed E-state index contributed by atoms with van der Waals surface area (Å²) in [5.41, 5.74) is 1.93. The summed E-state index contributed by atoms with van der Waals surface area (Å²) >= 11 is 1.55. The predicted octanol–water partition coefficient (Wildman–Crippen LogP) is 3.66. The summed E-state index contributed by atoms with van der Waals surface area (Å²) in [7, 11) is 1.36. The molecule has 26 heavy (non-hydrogen) atoms. The van der Waals surface area contributed by atoms with Crippen LogP contribution < -0.4 is 0 Å². The molecule has 4 rings (SSSR count). The van der Waals surface area contributed by atoms with E-state index in [1.54, 1.807) is 23.6 Å². The summed E-state index contributed by atoms with van der Waals surface area (Å²) in [6.07, 6.45) is 0.429. The number of methoxy groups -OCH3 is 1. The molecule has 1 saturated heterocycles. The molecule has 5 nitrogen and oxygen atoms in total. The first-order chi connectivity index (χ1) is 12.6. The number of hydrogen-bond donors (Lipinski definition) is 0. The fraction of sp³-hybridized carbons (Fsp3) is 0.250. The highest BCUT2D eigenvalue weighted by molar-refractivity contribution is 8.14. The third-order valence-corrected chi connectivity index (χ3v) is 5.68. The Bertz CT molecular complexity index is 975. The molecule has 132 valence electrons. The van der Waals surface area contributed by atoms with Crippen molar-refractivity contribution in [3.05, 3.63) is 59.3 Å². The van der Waals surface area contributed by atoms with Gasteiger partial charge >= 0.3 is 5.97 Å². The molecule has 2 aromatic carbocycles. The fourth-order valence-electron chi connectivity index (χ4n) is 3.55. The van der Waals surface area contributed by atoms with Crippen molar-refractivity contribution in [2.75, 3.05) is 12.9 Å². The number of esters is 1. The molecule has 0 N–H and O–H groups in total. The van der Waals surface area contributed by atoms with Crippen LogP contribution in [0.1, 0.15) is 24.9 Å². The van der Waals surface area contributed by atoms with Crippen LogP contribution in [0.4, 0.5) is 0 Å². The van der Waals surface area contributed by atoms with Crippen molar-refractivity contribution in [1.82, 2.24) is 4.90 Å². The van der Waals surface area contributed by atoms with Gasteiger partial charge < -0.3 is 4.74 Å². The molecular formula is C20H18N2O3S. The lowest BCUT2D eigenvalue weighted by molar-refractivity contribution is -0.137. The largest absolute Gasteiger partial charge is 0.466 e. The number of nitrogens with zero attached hydrogens (tertiary/aromatic N) is 2. The smallest absolute Gasteiger partial charge is 0.338 e. The average Bonchev–Trinajstić information content (AvgIpc) is 2.66. The second kappa shape index (κ2) is 6.61. The number of benzene rings is 2. The van der Waals surface area contributed by atoms with Crippen LogP contribution in [0, 0.1) is 0 Å². The van der Waals surface area contributed by atoms with E-state index < -0.39 is 12.0 Å². The molecule has 1 fully saturated rings. The van der Waals surface area contributed by atoms with Crippen LogP contribution in [0.15, 0.2) is 58.7 Å². The maximum atomic E-state index is 12.8. The standard InChI is InChI=1S/C20H18N2O3S/c1-12-17(19(24)25-2)18(22-16(23)10-11-26-20(22)21-12)15-9-5-7-13-6-3-4-8-14(13)15/h3-9,18H,10-11H2,1-2H3/t18-/m1/s1. The average molecular weight is 366 g/mol. The number of ether oxygens (including phenoxy) is 1. The lowest BCUT2D eigenvalue weighted by atomic mass is 9.90. The van der Waals surface area contributed by atoms with E-state index in [-0.39, 0.29) is 5.91 Å². The molecule has 6 heteroatoms. The van der Waals surface area contributed by atoms with E-state index in [0.717, 1.165) is 16.3 Å². The second-order valence-electron chi connectivity index (χ2n) is 6.22. The summed E-state index contributed by atoms with van der Waals surface area (Å²) in [5, 5.41) is 2.73. The summed E-state index contributed by atoms with van der Waals surface area (Å²) < 4.78 is 5.03. The molecule has 2 heterocycles. The Hall–Kier alpha value is -2.60. The molecule has 0 radical (unpaired) electrons. The Morgan fingerprint density at radius 2 is 2.00 bits per heavy atom. The number of amides is 1. The maximum absolute atomic E-state index is 12.8. The SMILES string of the molecule is COC(=O)C1=C(C)N=C2SCCC(=O)N2[C@@H]1c1cccc2ccccc12. The molecule has 2 aliphatic rings. The third kappa shape index (κ3) is 2.61. The van der Waals surface area contributed by atoms with Gasteiger partial charge in [-0.25, -0.2) is 9.79 Å². The van der Waals surface area contributed by atoms with E-state index in [9.17, 15) is 9.59 Å². The van der Waals surface area contributed by atoms with Gasteiger partial charge in [0, 0.05) is 12.2 Å². The monoisotopic (exact) mass is 366 g/mol. The van der Waals surface area contributed by atoms with Gasteiger partial charge in [0.15, 0.2) is 5.17 Å². The van der Waals surface area contributed by atoms with E-state index in [2.05, 4.69) is 4.99 Å². The first-order valence-electron chi connectivity index (χ1n) is 8.42. The number of amidine groups is 1. The maximum Gasteiger partial charge on any atom is 0.338 e. The summed E-state index contributed by atoms with van der Waals surface area (Å²) in [5.74, 6) is 0.234. The van der Waals surface area contributed by atoms with Crippen LogP contribution in [0.2, 0.25) is 0 Å². The van der Waals surface area contributed by atoms with Crippen molar-refractivity contribution in [3.63, 3.8) is 0 Å². The predicted molar refractivity (Wildman–Crippen MR) is 103 cm³/mol. The van der Waals surface area contributed by atoms with Crippen LogP contribution in [0.3, 0.4) is 0 Å². The topological polar surface area (TPSA) is 59.0 Å². The molecule has 1 amide bonds.